The predicted octanol–water partition coefficient (Wildman–Crippen LogP) is 1.73. The maximum absolute atomic E-state index is 13.4. The van der Waals surface area contributed by atoms with Crippen molar-refractivity contribution in [1.82, 2.24) is 10.2 Å². The van der Waals surface area contributed by atoms with Gasteiger partial charge in [-0.25, -0.2) is 9.18 Å². The molecule has 0 radical (unpaired) electrons. The third kappa shape index (κ3) is 3.60. The molecule has 1 aromatic rings. The first kappa shape index (κ1) is 15.9. The van der Waals surface area contributed by atoms with Gasteiger partial charge in [-0.15, -0.1) is 0 Å². The van der Waals surface area contributed by atoms with Gasteiger partial charge in [-0.05, 0) is 24.5 Å². The zero-order chi connectivity index (χ0) is 16.3. The summed E-state index contributed by atoms with van der Waals surface area (Å²) in [5.74, 6) is -1.40. The summed E-state index contributed by atoms with van der Waals surface area (Å²) in [5, 5.41) is 4.90. The molecular weight excluding hydrogens is 289 g/mol. The van der Waals surface area contributed by atoms with Crippen LogP contribution in [0.15, 0.2) is 24.3 Å². The second-order valence-electron chi connectivity index (χ2n) is 5.58. The Kier molecular flexibility index (Phi) is 4.75. The highest BCUT2D eigenvalue weighted by molar-refractivity contribution is 6.07. The van der Waals surface area contributed by atoms with Gasteiger partial charge < -0.3 is 10.6 Å². The van der Waals surface area contributed by atoms with Crippen LogP contribution in [0.5, 0.6) is 0 Å². The molecule has 1 fully saturated rings. The van der Waals surface area contributed by atoms with Gasteiger partial charge in [-0.3, -0.25) is 14.5 Å². The first-order valence-corrected chi connectivity index (χ1v) is 7.04. The molecule has 0 bridgehead atoms. The number of carbonyl (C=O) groups excluding carboxylic acids is 3. The van der Waals surface area contributed by atoms with Crippen LogP contribution < -0.4 is 10.6 Å². The Hall–Kier alpha value is -2.44. The molecule has 2 rings (SSSR count). The van der Waals surface area contributed by atoms with Crippen molar-refractivity contribution in [2.45, 2.75) is 26.3 Å². The number of nitrogens with one attached hydrogen (secondary N) is 2. The van der Waals surface area contributed by atoms with Crippen LogP contribution in [0.2, 0.25) is 0 Å². The van der Waals surface area contributed by atoms with Gasteiger partial charge in [0.15, 0.2) is 0 Å². The number of para-hydroxylation sites is 1. The van der Waals surface area contributed by atoms with Crippen LogP contribution in [0, 0.1) is 11.7 Å². The minimum Gasteiger partial charge on any atom is -0.326 e. The fourth-order valence-electron chi connectivity index (χ4n) is 2.25. The van der Waals surface area contributed by atoms with Crippen molar-refractivity contribution in [3.63, 3.8) is 0 Å². The summed E-state index contributed by atoms with van der Waals surface area (Å²) in [4.78, 5) is 36.6. The Balaban J connectivity index is 1.98. The zero-order valence-electron chi connectivity index (χ0n) is 12.4. The minimum absolute atomic E-state index is 0.0123. The largest absolute Gasteiger partial charge is 0.326 e. The predicted molar refractivity (Wildman–Crippen MR) is 78.5 cm³/mol. The van der Waals surface area contributed by atoms with E-state index in [4.69, 9.17) is 0 Å². The van der Waals surface area contributed by atoms with Crippen LogP contribution in [0.25, 0.3) is 0 Å². The SMILES string of the molecule is CC(C)C[C@@H]1NC(=O)N(CC(=O)Nc2ccccc2F)C1=O. The lowest BCUT2D eigenvalue weighted by atomic mass is 10.0. The minimum atomic E-state index is -0.626. The van der Waals surface area contributed by atoms with Gasteiger partial charge in [0.2, 0.25) is 5.91 Å². The molecule has 118 valence electrons. The molecule has 4 amide bonds. The van der Waals surface area contributed by atoms with Crippen molar-refractivity contribution in [3.05, 3.63) is 30.1 Å². The highest BCUT2D eigenvalue weighted by atomic mass is 19.1. The molecule has 1 atom stereocenters. The van der Waals surface area contributed by atoms with Crippen molar-refractivity contribution >= 4 is 23.5 Å². The van der Waals surface area contributed by atoms with E-state index in [9.17, 15) is 18.8 Å². The first-order chi connectivity index (χ1) is 10.4. The van der Waals surface area contributed by atoms with E-state index >= 15 is 0 Å². The average Bonchev–Trinajstić information content (AvgIpc) is 2.68. The van der Waals surface area contributed by atoms with Crippen LogP contribution in [-0.2, 0) is 9.59 Å². The quantitative estimate of drug-likeness (QED) is 0.813. The van der Waals surface area contributed by atoms with Gasteiger partial charge in [-0.2, -0.15) is 0 Å². The smallest absolute Gasteiger partial charge is 0.325 e. The molecule has 1 heterocycles. The van der Waals surface area contributed by atoms with Crippen molar-refractivity contribution in [3.8, 4) is 0 Å². The Morgan fingerprint density at radius 1 is 1.36 bits per heavy atom. The molecule has 0 saturated carbocycles. The van der Waals surface area contributed by atoms with Crippen LogP contribution in [0.4, 0.5) is 14.9 Å². The van der Waals surface area contributed by atoms with Gasteiger partial charge >= 0.3 is 6.03 Å². The molecular formula is C15H18FN3O3. The Morgan fingerprint density at radius 2 is 2.05 bits per heavy atom. The second-order valence-corrected chi connectivity index (χ2v) is 5.58. The van der Waals surface area contributed by atoms with E-state index in [1.54, 1.807) is 6.07 Å². The third-order valence-electron chi connectivity index (χ3n) is 3.26. The number of nitrogens with zero attached hydrogens (tertiary/aromatic N) is 1. The molecule has 1 aliphatic heterocycles. The summed E-state index contributed by atoms with van der Waals surface area (Å²) in [7, 11) is 0. The molecule has 6 nitrogen and oxygen atoms in total. The van der Waals surface area contributed by atoms with Gasteiger partial charge in [0.25, 0.3) is 5.91 Å². The molecule has 7 heteroatoms. The average molecular weight is 307 g/mol. The van der Waals surface area contributed by atoms with E-state index in [0.29, 0.717) is 6.42 Å². The standard InChI is InChI=1S/C15H18FN3O3/c1-9(2)7-12-14(21)19(15(22)18-12)8-13(20)17-11-6-4-3-5-10(11)16/h3-6,9,12H,7-8H2,1-2H3,(H,17,20)(H,18,22)/t12-/m0/s1. The van der Waals surface area contributed by atoms with Gasteiger partial charge in [0.1, 0.15) is 18.4 Å². The maximum atomic E-state index is 13.4. The fraction of sp³-hybridized carbons (Fsp3) is 0.400. The van der Waals surface area contributed by atoms with Gasteiger partial charge in [0, 0.05) is 0 Å². The van der Waals surface area contributed by atoms with Crippen molar-refractivity contribution in [2.24, 2.45) is 5.92 Å². The zero-order valence-corrected chi connectivity index (χ0v) is 12.4. The number of urea groups is 1. The third-order valence-corrected chi connectivity index (χ3v) is 3.26. The van der Waals surface area contributed by atoms with E-state index in [1.807, 2.05) is 13.8 Å². The maximum Gasteiger partial charge on any atom is 0.325 e. The lowest BCUT2D eigenvalue weighted by molar-refractivity contribution is -0.131. The number of hydrogen-bond acceptors (Lipinski definition) is 3. The first-order valence-electron chi connectivity index (χ1n) is 7.04. The summed E-state index contributed by atoms with van der Waals surface area (Å²) in [6, 6.07) is 4.49. The normalized spacial score (nSPS) is 17.8. The van der Waals surface area contributed by atoms with E-state index in [1.165, 1.54) is 18.2 Å². The number of carbonyl (C=O) groups is 3. The van der Waals surface area contributed by atoms with Crippen LogP contribution in [0.3, 0.4) is 0 Å². The summed E-state index contributed by atoms with van der Waals surface area (Å²) >= 11 is 0. The molecule has 22 heavy (non-hydrogen) atoms. The Bertz CT molecular complexity index is 603. The number of anilines is 1. The van der Waals surface area contributed by atoms with Crippen LogP contribution in [0.1, 0.15) is 20.3 Å². The number of hydrogen-bond donors (Lipinski definition) is 2. The van der Waals surface area contributed by atoms with E-state index < -0.39 is 36.2 Å². The van der Waals surface area contributed by atoms with Crippen LogP contribution in [-0.4, -0.2) is 35.3 Å². The lowest BCUT2D eigenvalue weighted by Crippen LogP contribution is -2.38. The van der Waals surface area contributed by atoms with Gasteiger partial charge in [-0.1, -0.05) is 26.0 Å². The van der Waals surface area contributed by atoms with Crippen molar-refractivity contribution < 1.29 is 18.8 Å². The van der Waals surface area contributed by atoms with Crippen LogP contribution >= 0.6 is 0 Å². The molecule has 2 N–H and O–H groups in total. The second kappa shape index (κ2) is 6.55. The molecule has 1 saturated heterocycles. The lowest BCUT2D eigenvalue weighted by Gasteiger charge is -2.14. The molecule has 0 unspecified atom stereocenters. The summed E-state index contributed by atoms with van der Waals surface area (Å²) in [5.41, 5.74) is 0.0123. The van der Waals surface area contributed by atoms with E-state index in [-0.39, 0.29) is 11.6 Å². The molecule has 1 aliphatic rings. The summed E-state index contributed by atoms with van der Waals surface area (Å²) < 4.78 is 13.4. The summed E-state index contributed by atoms with van der Waals surface area (Å²) in [6.45, 7) is 3.44. The number of halogens is 1. The molecule has 1 aromatic carbocycles. The van der Waals surface area contributed by atoms with E-state index in [0.717, 1.165) is 4.90 Å². The topological polar surface area (TPSA) is 78.5 Å². The monoisotopic (exact) mass is 307 g/mol. The van der Waals surface area contributed by atoms with Crippen molar-refractivity contribution in [2.75, 3.05) is 11.9 Å². The number of imide groups is 1. The number of rotatable bonds is 5. The molecule has 0 aromatic heterocycles. The number of benzene rings is 1. The Morgan fingerprint density at radius 3 is 2.68 bits per heavy atom. The molecule has 0 aliphatic carbocycles. The number of amides is 4. The highest BCUT2D eigenvalue weighted by Gasteiger charge is 2.39. The molecule has 0 spiro atoms. The summed E-state index contributed by atoms with van der Waals surface area (Å²) in [6.07, 6.45) is 0.510. The van der Waals surface area contributed by atoms with Gasteiger partial charge in [0.05, 0.1) is 5.69 Å². The highest BCUT2D eigenvalue weighted by Crippen LogP contribution is 2.15. The fourth-order valence-corrected chi connectivity index (χ4v) is 2.25. The Labute approximate surface area is 127 Å². The van der Waals surface area contributed by atoms with Crippen molar-refractivity contribution in [1.29, 1.82) is 0 Å². The van der Waals surface area contributed by atoms with E-state index in [2.05, 4.69) is 10.6 Å².